The van der Waals surface area contributed by atoms with Crippen molar-refractivity contribution >= 4 is 35.3 Å². The van der Waals surface area contributed by atoms with Gasteiger partial charge >= 0.3 is 17.8 Å². The zero-order valence-corrected chi connectivity index (χ0v) is 17.6. The molecule has 1 fully saturated rings. The number of likely N-dealkylation sites (tertiary alicyclic amines) is 1. The van der Waals surface area contributed by atoms with E-state index in [9.17, 15) is 14.4 Å². The van der Waals surface area contributed by atoms with Gasteiger partial charge in [-0.3, -0.25) is 0 Å². The van der Waals surface area contributed by atoms with E-state index >= 15 is 0 Å². The molecule has 2 aromatic rings. The van der Waals surface area contributed by atoms with E-state index in [1.807, 2.05) is 0 Å². The van der Waals surface area contributed by atoms with Crippen molar-refractivity contribution in [2.24, 2.45) is 0 Å². The second kappa shape index (κ2) is 8.03. The van der Waals surface area contributed by atoms with Crippen LogP contribution in [0.3, 0.4) is 0 Å². The van der Waals surface area contributed by atoms with Crippen molar-refractivity contribution < 1.29 is 14.3 Å². The van der Waals surface area contributed by atoms with Gasteiger partial charge in [0.25, 0.3) is 0 Å². The summed E-state index contributed by atoms with van der Waals surface area (Å²) in [6, 6.07) is 3.76. The monoisotopic (exact) mass is 442 g/mol. The van der Waals surface area contributed by atoms with Gasteiger partial charge in [-0.15, -0.1) is 4.68 Å². The number of para-hydroxylation sites is 1. The van der Waals surface area contributed by atoms with E-state index in [1.165, 1.54) is 4.90 Å². The van der Waals surface area contributed by atoms with Crippen LogP contribution in [-0.4, -0.2) is 61.5 Å². The van der Waals surface area contributed by atoms with Crippen molar-refractivity contribution in [3.8, 4) is 5.69 Å². The van der Waals surface area contributed by atoms with Crippen LogP contribution in [0.2, 0.25) is 10.0 Å². The first-order valence-corrected chi connectivity index (χ1v) is 9.60. The van der Waals surface area contributed by atoms with Crippen LogP contribution in [0.4, 0.5) is 9.59 Å². The number of aromatic nitrogens is 4. The number of amides is 2. The van der Waals surface area contributed by atoms with Gasteiger partial charge in [-0.1, -0.05) is 29.3 Å². The SMILES string of the molecule is CC(C)(C)OC(=O)NC1CCN(C(=O)n2nnn(-c3c(Cl)cccc3Cl)c2=O)C1. The summed E-state index contributed by atoms with van der Waals surface area (Å²) in [6.07, 6.45) is -0.0437. The molecule has 1 aliphatic rings. The van der Waals surface area contributed by atoms with Gasteiger partial charge in [0.15, 0.2) is 0 Å². The summed E-state index contributed by atoms with van der Waals surface area (Å²) in [4.78, 5) is 38.6. The van der Waals surface area contributed by atoms with Crippen LogP contribution in [0, 0.1) is 0 Å². The lowest BCUT2D eigenvalue weighted by Crippen LogP contribution is -2.43. The number of nitrogens with one attached hydrogen (secondary N) is 1. The number of tetrazole rings is 1. The highest BCUT2D eigenvalue weighted by Crippen LogP contribution is 2.26. The number of carbonyl (C=O) groups excluding carboxylic acids is 2. The predicted octanol–water partition coefficient (Wildman–Crippen LogP) is 2.30. The standard InChI is InChI=1S/C17H20Cl2N6O4/c1-17(2,3)29-14(26)20-10-7-8-23(9-10)15(27)25-16(28)24(21-22-25)13-11(18)5-4-6-12(13)19/h4-6,10H,7-9H2,1-3H3,(H,20,26). The highest BCUT2D eigenvalue weighted by atomic mass is 35.5. The summed E-state index contributed by atoms with van der Waals surface area (Å²) < 4.78 is 6.72. The summed E-state index contributed by atoms with van der Waals surface area (Å²) >= 11 is 12.2. The minimum atomic E-state index is -0.798. The lowest BCUT2D eigenvalue weighted by Gasteiger charge is -2.21. The van der Waals surface area contributed by atoms with Crippen molar-refractivity contribution in [1.82, 2.24) is 30.0 Å². The molecule has 1 aromatic carbocycles. The molecule has 0 spiro atoms. The summed E-state index contributed by atoms with van der Waals surface area (Å²) in [6.45, 7) is 5.84. The minimum Gasteiger partial charge on any atom is -0.444 e. The number of hydrogen-bond donors (Lipinski definition) is 1. The van der Waals surface area contributed by atoms with Crippen LogP contribution in [0.15, 0.2) is 23.0 Å². The first-order valence-electron chi connectivity index (χ1n) is 8.85. The highest BCUT2D eigenvalue weighted by molar-refractivity contribution is 6.37. The molecule has 1 unspecified atom stereocenters. The quantitative estimate of drug-likeness (QED) is 0.714. The number of rotatable bonds is 2. The van der Waals surface area contributed by atoms with Gasteiger partial charge in [0.2, 0.25) is 0 Å². The third kappa shape index (κ3) is 4.70. The van der Waals surface area contributed by atoms with Crippen LogP contribution < -0.4 is 11.0 Å². The molecule has 0 saturated carbocycles. The first kappa shape index (κ1) is 21.1. The number of benzene rings is 1. The number of carbonyl (C=O) groups is 2. The van der Waals surface area contributed by atoms with E-state index in [2.05, 4.69) is 15.7 Å². The van der Waals surface area contributed by atoms with Gasteiger partial charge in [0, 0.05) is 13.1 Å². The summed E-state index contributed by atoms with van der Waals surface area (Å²) in [5, 5.41) is 10.5. The van der Waals surface area contributed by atoms with Crippen LogP contribution in [0.25, 0.3) is 5.69 Å². The number of nitrogens with zero attached hydrogens (tertiary/aromatic N) is 5. The van der Waals surface area contributed by atoms with Gasteiger partial charge < -0.3 is 15.0 Å². The predicted molar refractivity (Wildman–Crippen MR) is 106 cm³/mol. The van der Waals surface area contributed by atoms with Crippen LogP contribution in [0.5, 0.6) is 0 Å². The van der Waals surface area contributed by atoms with Gasteiger partial charge in [-0.2, -0.15) is 4.68 Å². The first-order chi connectivity index (χ1) is 13.6. The maximum Gasteiger partial charge on any atom is 0.407 e. The smallest absolute Gasteiger partial charge is 0.407 e. The van der Waals surface area contributed by atoms with Crippen molar-refractivity contribution in [2.75, 3.05) is 13.1 Å². The van der Waals surface area contributed by atoms with E-state index in [4.69, 9.17) is 27.9 Å². The molecular weight excluding hydrogens is 423 g/mol. The van der Waals surface area contributed by atoms with Crippen molar-refractivity contribution in [2.45, 2.75) is 38.8 Å². The topological polar surface area (TPSA) is 111 Å². The largest absolute Gasteiger partial charge is 0.444 e. The molecule has 29 heavy (non-hydrogen) atoms. The van der Waals surface area contributed by atoms with E-state index in [0.717, 1.165) is 4.68 Å². The zero-order valence-electron chi connectivity index (χ0n) is 16.1. The maximum atomic E-state index is 12.7. The molecule has 3 rings (SSSR count). The number of hydrogen-bond acceptors (Lipinski definition) is 6. The summed E-state index contributed by atoms with van der Waals surface area (Å²) in [7, 11) is 0. The van der Waals surface area contributed by atoms with E-state index in [1.54, 1.807) is 39.0 Å². The summed E-state index contributed by atoms with van der Waals surface area (Å²) in [5.41, 5.74) is -1.27. The highest BCUT2D eigenvalue weighted by Gasteiger charge is 2.31. The molecule has 10 nitrogen and oxygen atoms in total. The Morgan fingerprint density at radius 1 is 1.21 bits per heavy atom. The van der Waals surface area contributed by atoms with Crippen LogP contribution in [-0.2, 0) is 4.74 Å². The Morgan fingerprint density at radius 3 is 2.48 bits per heavy atom. The molecule has 0 radical (unpaired) electrons. The molecule has 156 valence electrons. The molecule has 2 heterocycles. The van der Waals surface area contributed by atoms with Crippen molar-refractivity contribution in [3.05, 3.63) is 38.7 Å². The Kier molecular flexibility index (Phi) is 5.85. The fourth-order valence-corrected chi connectivity index (χ4v) is 3.42. The minimum absolute atomic E-state index is 0.144. The van der Waals surface area contributed by atoms with Crippen LogP contribution >= 0.6 is 23.2 Å². The van der Waals surface area contributed by atoms with E-state index in [0.29, 0.717) is 17.6 Å². The maximum absolute atomic E-state index is 12.7. The average Bonchev–Trinajstić information content (AvgIpc) is 3.20. The average molecular weight is 443 g/mol. The molecule has 0 aliphatic carbocycles. The Balaban J connectivity index is 1.72. The zero-order chi connectivity index (χ0) is 21.3. The Hall–Kier alpha value is -2.59. The molecule has 1 saturated heterocycles. The molecule has 12 heteroatoms. The number of ether oxygens (including phenoxy) is 1. The fraction of sp³-hybridized carbons (Fsp3) is 0.471. The summed E-state index contributed by atoms with van der Waals surface area (Å²) in [5.74, 6) is 0. The van der Waals surface area contributed by atoms with Gasteiger partial charge in [-0.05, 0) is 49.8 Å². The second-order valence-electron chi connectivity index (χ2n) is 7.52. The Morgan fingerprint density at radius 2 is 1.86 bits per heavy atom. The van der Waals surface area contributed by atoms with Gasteiger partial charge in [0.1, 0.15) is 11.3 Å². The molecule has 1 atom stereocenters. The molecule has 1 aliphatic heterocycles. The number of alkyl carbamates (subject to hydrolysis) is 1. The van der Waals surface area contributed by atoms with Crippen molar-refractivity contribution in [3.63, 3.8) is 0 Å². The van der Waals surface area contributed by atoms with E-state index in [-0.39, 0.29) is 28.3 Å². The normalized spacial score (nSPS) is 16.7. The third-order valence-electron chi connectivity index (χ3n) is 4.09. The van der Waals surface area contributed by atoms with Crippen molar-refractivity contribution in [1.29, 1.82) is 0 Å². The molecular formula is C17H20Cl2N6O4. The Bertz CT molecular complexity index is 976. The van der Waals surface area contributed by atoms with Gasteiger partial charge in [0.05, 0.1) is 16.1 Å². The van der Waals surface area contributed by atoms with Crippen LogP contribution in [0.1, 0.15) is 27.2 Å². The molecule has 1 aromatic heterocycles. The second-order valence-corrected chi connectivity index (χ2v) is 8.33. The molecule has 0 bridgehead atoms. The lowest BCUT2D eigenvalue weighted by molar-refractivity contribution is 0.0506. The van der Waals surface area contributed by atoms with E-state index < -0.39 is 23.4 Å². The Labute approximate surface area is 176 Å². The molecule has 1 N–H and O–H groups in total. The lowest BCUT2D eigenvalue weighted by atomic mass is 10.2. The number of halogens is 2. The third-order valence-corrected chi connectivity index (χ3v) is 4.70. The molecule has 2 amide bonds. The fourth-order valence-electron chi connectivity index (χ4n) is 2.86. The van der Waals surface area contributed by atoms with Gasteiger partial charge in [-0.25, -0.2) is 14.4 Å².